The number of ketones is 1. The molecule has 3 nitrogen and oxygen atoms in total. The minimum atomic E-state index is -0.381. The molecule has 0 N–H and O–H groups in total. The number of carbonyl (C=O) groups is 2. The number of hydrogen-bond donors (Lipinski definition) is 0. The van der Waals surface area contributed by atoms with Crippen LogP contribution >= 0.6 is 11.6 Å². The minimum Gasteiger partial charge on any atom is -0.466 e. The van der Waals surface area contributed by atoms with Crippen LogP contribution in [0.3, 0.4) is 0 Å². The molecule has 1 atom stereocenters. The van der Waals surface area contributed by atoms with E-state index in [9.17, 15) is 9.59 Å². The first-order valence-corrected chi connectivity index (χ1v) is 11.1. The lowest BCUT2D eigenvalue weighted by atomic mass is 10.0. The number of esters is 1. The smallest absolute Gasteiger partial charge is 0.330 e. The van der Waals surface area contributed by atoms with E-state index in [1.807, 2.05) is 62.5 Å². The maximum atomic E-state index is 12.0. The Kier molecular flexibility index (Phi) is 17.0. The maximum Gasteiger partial charge on any atom is 0.330 e. The number of ether oxygens (including phenoxy) is 1. The highest BCUT2D eigenvalue weighted by atomic mass is 35.5. The molecule has 0 amide bonds. The normalized spacial score (nSPS) is 14.8. The van der Waals surface area contributed by atoms with Gasteiger partial charge in [0.15, 0.2) is 0 Å². The molecule has 0 radical (unpaired) electrons. The van der Waals surface area contributed by atoms with Crippen molar-refractivity contribution in [3.05, 3.63) is 83.5 Å². The van der Waals surface area contributed by atoms with Gasteiger partial charge in [-0.25, -0.2) is 4.79 Å². The maximum absolute atomic E-state index is 12.0. The zero-order valence-corrected chi connectivity index (χ0v) is 20.3. The van der Waals surface area contributed by atoms with Gasteiger partial charge in [0, 0.05) is 23.9 Å². The zero-order valence-electron chi connectivity index (χ0n) is 19.5. The number of carbonyl (C=O) groups excluding carboxylic acids is 2. The number of methoxy groups -OCH3 is 1. The second-order valence-corrected chi connectivity index (χ2v) is 8.10. The molecule has 0 aromatic rings. The predicted molar refractivity (Wildman–Crippen MR) is 133 cm³/mol. The van der Waals surface area contributed by atoms with Gasteiger partial charge in [0.2, 0.25) is 0 Å². The lowest BCUT2D eigenvalue weighted by molar-refractivity contribution is -0.134. The van der Waals surface area contributed by atoms with Crippen molar-refractivity contribution >= 4 is 23.4 Å². The van der Waals surface area contributed by atoms with Gasteiger partial charge in [-0.15, -0.1) is 0 Å². The first kappa shape index (κ1) is 28.6. The van der Waals surface area contributed by atoms with E-state index in [2.05, 4.69) is 24.7 Å². The summed E-state index contributed by atoms with van der Waals surface area (Å²) in [6.07, 6.45) is 25.1. The number of allylic oxidation sites excluding steroid dienone is 13. The van der Waals surface area contributed by atoms with Crippen LogP contribution in [-0.4, -0.2) is 18.9 Å². The fraction of sp³-hybridized carbons (Fsp3) is 0.407. The van der Waals surface area contributed by atoms with Gasteiger partial charge in [-0.1, -0.05) is 98.7 Å². The molecule has 0 aliphatic heterocycles. The van der Waals surface area contributed by atoms with E-state index in [1.165, 1.54) is 13.2 Å². The van der Waals surface area contributed by atoms with Crippen LogP contribution < -0.4 is 0 Å². The third-order valence-electron chi connectivity index (χ3n) is 4.29. The summed E-state index contributed by atoms with van der Waals surface area (Å²) in [5, 5.41) is 0.741. The van der Waals surface area contributed by atoms with E-state index in [0.717, 1.165) is 23.4 Å². The predicted octanol–water partition coefficient (Wildman–Crippen LogP) is 7.43. The molecule has 1 unspecified atom stereocenters. The Balaban J connectivity index is 4.31. The monoisotopic (exact) mass is 444 g/mol. The third kappa shape index (κ3) is 18.1. The fourth-order valence-electron chi connectivity index (χ4n) is 2.33. The van der Waals surface area contributed by atoms with Crippen molar-refractivity contribution in [1.29, 1.82) is 0 Å². The minimum absolute atomic E-state index is 0.146. The Morgan fingerprint density at radius 2 is 1.58 bits per heavy atom. The van der Waals surface area contributed by atoms with Crippen LogP contribution in [0.25, 0.3) is 0 Å². The molecule has 0 aliphatic carbocycles. The van der Waals surface area contributed by atoms with Crippen molar-refractivity contribution in [3.63, 3.8) is 0 Å². The topological polar surface area (TPSA) is 43.4 Å². The summed E-state index contributed by atoms with van der Waals surface area (Å²) in [5.74, 6) is 0.580. The van der Waals surface area contributed by atoms with E-state index in [4.69, 9.17) is 11.6 Å². The summed E-state index contributed by atoms with van der Waals surface area (Å²) < 4.78 is 4.52. The van der Waals surface area contributed by atoms with Crippen LogP contribution in [0.2, 0.25) is 0 Å². The van der Waals surface area contributed by atoms with Crippen molar-refractivity contribution in [2.24, 2.45) is 11.8 Å². The first-order valence-electron chi connectivity index (χ1n) is 10.7. The Labute approximate surface area is 193 Å². The van der Waals surface area contributed by atoms with Crippen molar-refractivity contribution in [2.75, 3.05) is 7.11 Å². The fourth-order valence-corrected chi connectivity index (χ4v) is 2.51. The lowest BCUT2D eigenvalue weighted by Gasteiger charge is -2.09. The summed E-state index contributed by atoms with van der Waals surface area (Å²) in [7, 11) is 1.34. The quantitative estimate of drug-likeness (QED) is 0.159. The van der Waals surface area contributed by atoms with Gasteiger partial charge in [0.1, 0.15) is 5.78 Å². The average molecular weight is 445 g/mol. The Bertz CT molecular complexity index is 746. The molecule has 0 rings (SSSR count). The molecule has 0 aromatic heterocycles. The lowest BCUT2D eigenvalue weighted by Crippen LogP contribution is -2.02. The van der Waals surface area contributed by atoms with Crippen LogP contribution in [0.1, 0.15) is 53.4 Å². The van der Waals surface area contributed by atoms with Gasteiger partial charge in [-0.3, -0.25) is 4.79 Å². The molecule has 0 saturated heterocycles. The highest BCUT2D eigenvalue weighted by Gasteiger charge is 2.08. The first-order chi connectivity index (χ1) is 14.8. The van der Waals surface area contributed by atoms with Gasteiger partial charge in [-0.2, -0.15) is 0 Å². The Morgan fingerprint density at radius 1 is 0.903 bits per heavy atom. The highest BCUT2D eigenvalue weighted by Crippen LogP contribution is 2.21. The van der Waals surface area contributed by atoms with E-state index < -0.39 is 0 Å². The second-order valence-electron chi connectivity index (χ2n) is 7.66. The van der Waals surface area contributed by atoms with Crippen molar-refractivity contribution in [1.82, 2.24) is 0 Å². The van der Waals surface area contributed by atoms with Crippen molar-refractivity contribution in [2.45, 2.75) is 53.4 Å². The van der Waals surface area contributed by atoms with Crippen molar-refractivity contribution < 1.29 is 14.3 Å². The van der Waals surface area contributed by atoms with E-state index >= 15 is 0 Å². The van der Waals surface area contributed by atoms with Gasteiger partial charge < -0.3 is 4.74 Å². The third-order valence-corrected chi connectivity index (χ3v) is 4.79. The second kappa shape index (κ2) is 18.4. The summed E-state index contributed by atoms with van der Waals surface area (Å²) in [6, 6.07) is 0. The summed E-state index contributed by atoms with van der Waals surface area (Å²) in [5.41, 5.74) is 1.03. The molecule has 0 spiro atoms. The highest BCUT2D eigenvalue weighted by molar-refractivity contribution is 6.29. The van der Waals surface area contributed by atoms with Crippen LogP contribution in [0.5, 0.6) is 0 Å². The van der Waals surface area contributed by atoms with Crippen LogP contribution in [0, 0.1) is 11.8 Å². The molecule has 0 aromatic carbocycles. The Morgan fingerprint density at radius 3 is 2.26 bits per heavy atom. The van der Waals surface area contributed by atoms with Crippen LogP contribution in [0.15, 0.2) is 83.5 Å². The molecule has 31 heavy (non-hydrogen) atoms. The van der Waals surface area contributed by atoms with Crippen LogP contribution in [-0.2, 0) is 14.3 Å². The zero-order chi connectivity index (χ0) is 23.5. The number of Topliss-reactive ketones (excluding diaryl/α,β-unsaturated/α-hetero) is 1. The summed E-state index contributed by atoms with van der Waals surface area (Å²) >= 11 is 6.36. The average Bonchev–Trinajstić information content (AvgIpc) is 2.74. The number of hydrogen-bond acceptors (Lipinski definition) is 3. The van der Waals surface area contributed by atoms with Crippen molar-refractivity contribution in [3.8, 4) is 0 Å². The SMILES string of the molecule is COC(=O)/C=C/C=C/C(C)=C/C=C/C=C(\Cl)C(C)CCC(=O)CC/C=C/C=C/C(C)C. The van der Waals surface area contributed by atoms with Gasteiger partial charge in [0.25, 0.3) is 0 Å². The largest absolute Gasteiger partial charge is 0.466 e. The Hall–Kier alpha value is -2.39. The van der Waals surface area contributed by atoms with E-state index in [0.29, 0.717) is 18.8 Å². The molecule has 0 fully saturated rings. The summed E-state index contributed by atoms with van der Waals surface area (Å²) in [4.78, 5) is 23.0. The molecule has 170 valence electrons. The number of halogens is 1. The summed E-state index contributed by atoms with van der Waals surface area (Å²) in [6.45, 7) is 8.26. The van der Waals surface area contributed by atoms with E-state index in [-0.39, 0.29) is 17.7 Å². The number of rotatable bonds is 14. The molecule has 0 bridgehead atoms. The van der Waals surface area contributed by atoms with Gasteiger partial charge >= 0.3 is 5.97 Å². The van der Waals surface area contributed by atoms with Crippen LogP contribution in [0.4, 0.5) is 0 Å². The molecule has 0 saturated carbocycles. The standard InChI is InChI=1S/C27H37ClO3/c1-22(2)14-8-6-7-9-17-25(29)21-20-24(4)26(28)18-12-10-15-23(3)16-11-13-19-27(30)31-5/h6-8,10-16,18-19,22,24H,9,17,20-21H2,1-5H3/b7-6+,12-10+,14-8+,16-11+,19-13+,23-15+,26-18-. The molecule has 0 heterocycles. The van der Waals surface area contributed by atoms with Gasteiger partial charge in [0.05, 0.1) is 7.11 Å². The van der Waals surface area contributed by atoms with Gasteiger partial charge in [-0.05, 0) is 37.7 Å². The molecular formula is C27H37ClO3. The molecular weight excluding hydrogens is 408 g/mol. The van der Waals surface area contributed by atoms with E-state index in [1.54, 1.807) is 12.2 Å². The molecule has 4 heteroatoms. The molecule has 0 aliphatic rings.